The largest absolute Gasteiger partial charge is 0.390 e. The van der Waals surface area contributed by atoms with Crippen molar-refractivity contribution in [2.75, 3.05) is 20.3 Å². The SMILES string of the molecule is CCOC(C(O)CCCOC)C1CCCCC1. The Labute approximate surface area is 105 Å². The lowest BCUT2D eigenvalue weighted by molar-refractivity contribution is -0.0762. The van der Waals surface area contributed by atoms with Crippen molar-refractivity contribution < 1.29 is 14.6 Å². The second kappa shape index (κ2) is 8.90. The molecule has 0 aromatic heterocycles. The van der Waals surface area contributed by atoms with Crippen LogP contribution >= 0.6 is 0 Å². The molecule has 0 radical (unpaired) electrons. The molecule has 1 fully saturated rings. The van der Waals surface area contributed by atoms with Crippen molar-refractivity contribution >= 4 is 0 Å². The first-order valence-corrected chi connectivity index (χ1v) is 7.08. The minimum absolute atomic E-state index is 0.0390. The Morgan fingerprint density at radius 2 is 1.94 bits per heavy atom. The van der Waals surface area contributed by atoms with Gasteiger partial charge in [-0.1, -0.05) is 19.3 Å². The molecule has 0 spiro atoms. The lowest BCUT2D eigenvalue weighted by Gasteiger charge is -2.33. The first-order valence-electron chi connectivity index (χ1n) is 7.08. The molecule has 0 aromatic rings. The number of ether oxygens (including phenoxy) is 2. The van der Waals surface area contributed by atoms with E-state index in [4.69, 9.17) is 9.47 Å². The number of aliphatic hydroxyl groups excluding tert-OH is 1. The van der Waals surface area contributed by atoms with E-state index >= 15 is 0 Å². The van der Waals surface area contributed by atoms with Gasteiger partial charge in [0.2, 0.25) is 0 Å². The molecular weight excluding hydrogens is 216 g/mol. The predicted octanol–water partition coefficient (Wildman–Crippen LogP) is 2.76. The highest BCUT2D eigenvalue weighted by atomic mass is 16.5. The zero-order chi connectivity index (χ0) is 12.5. The van der Waals surface area contributed by atoms with Crippen molar-refractivity contribution in [1.82, 2.24) is 0 Å². The molecule has 17 heavy (non-hydrogen) atoms. The molecule has 1 aliphatic rings. The molecule has 0 aromatic carbocycles. The van der Waals surface area contributed by atoms with Crippen molar-refractivity contribution in [3.8, 4) is 0 Å². The van der Waals surface area contributed by atoms with Gasteiger partial charge in [-0.05, 0) is 38.5 Å². The van der Waals surface area contributed by atoms with Crippen LogP contribution in [-0.4, -0.2) is 37.6 Å². The van der Waals surface area contributed by atoms with Crippen molar-refractivity contribution in [3.63, 3.8) is 0 Å². The van der Waals surface area contributed by atoms with Crippen LogP contribution in [0.1, 0.15) is 51.9 Å². The second-order valence-electron chi connectivity index (χ2n) is 5.02. The molecule has 0 bridgehead atoms. The Hall–Kier alpha value is -0.120. The minimum Gasteiger partial charge on any atom is -0.390 e. The van der Waals surface area contributed by atoms with Crippen LogP contribution < -0.4 is 0 Å². The highest BCUT2D eigenvalue weighted by molar-refractivity contribution is 4.80. The van der Waals surface area contributed by atoms with Crippen molar-refractivity contribution in [2.24, 2.45) is 5.92 Å². The summed E-state index contributed by atoms with van der Waals surface area (Å²) in [5.41, 5.74) is 0. The molecule has 0 heterocycles. The highest BCUT2D eigenvalue weighted by Gasteiger charge is 2.29. The third-order valence-electron chi connectivity index (χ3n) is 3.70. The van der Waals surface area contributed by atoms with Gasteiger partial charge in [0.15, 0.2) is 0 Å². The van der Waals surface area contributed by atoms with Gasteiger partial charge in [0.25, 0.3) is 0 Å². The number of rotatable bonds is 8. The van der Waals surface area contributed by atoms with Gasteiger partial charge in [0.05, 0.1) is 12.2 Å². The maximum Gasteiger partial charge on any atom is 0.0861 e. The monoisotopic (exact) mass is 244 g/mol. The van der Waals surface area contributed by atoms with Gasteiger partial charge < -0.3 is 14.6 Å². The summed E-state index contributed by atoms with van der Waals surface area (Å²) < 4.78 is 10.8. The van der Waals surface area contributed by atoms with Crippen LogP contribution in [0.3, 0.4) is 0 Å². The topological polar surface area (TPSA) is 38.7 Å². The number of methoxy groups -OCH3 is 1. The van der Waals surface area contributed by atoms with Gasteiger partial charge in [-0.2, -0.15) is 0 Å². The molecule has 2 atom stereocenters. The van der Waals surface area contributed by atoms with E-state index in [1.54, 1.807) is 7.11 Å². The van der Waals surface area contributed by atoms with E-state index in [1.165, 1.54) is 32.1 Å². The maximum atomic E-state index is 10.2. The highest BCUT2D eigenvalue weighted by Crippen LogP contribution is 2.30. The van der Waals surface area contributed by atoms with E-state index in [9.17, 15) is 5.11 Å². The summed E-state index contributed by atoms with van der Waals surface area (Å²) in [7, 11) is 1.70. The lowest BCUT2D eigenvalue weighted by Crippen LogP contribution is -2.37. The molecule has 2 unspecified atom stereocenters. The minimum atomic E-state index is -0.326. The van der Waals surface area contributed by atoms with E-state index in [0.717, 1.165) is 19.4 Å². The molecular formula is C14H28O3. The molecule has 1 aliphatic carbocycles. The van der Waals surface area contributed by atoms with Crippen molar-refractivity contribution in [2.45, 2.75) is 64.1 Å². The van der Waals surface area contributed by atoms with Crippen LogP contribution in [0.25, 0.3) is 0 Å². The van der Waals surface area contributed by atoms with Crippen molar-refractivity contribution in [3.05, 3.63) is 0 Å². The Balaban J connectivity index is 2.38. The fourth-order valence-electron chi connectivity index (χ4n) is 2.82. The number of hydrogen-bond acceptors (Lipinski definition) is 3. The van der Waals surface area contributed by atoms with Crippen LogP contribution in [0.5, 0.6) is 0 Å². The molecule has 0 saturated heterocycles. The molecule has 3 heteroatoms. The Bertz CT molecular complexity index is 178. The molecule has 3 nitrogen and oxygen atoms in total. The molecule has 0 aliphatic heterocycles. The van der Waals surface area contributed by atoms with E-state index in [1.807, 2.05) is 6.92 Å². The third-order valence-corrected chi connectivity index (χ3v) is 3.70. The fraction of sp³-hybridized carbons (Fsp3) is 1.00. The molecule has 1 rings (SSSR count). The second-order valence-corrected chi connectivity index (χ2v) is 5.02. The van der Waals surface area contributed by atoms with E-state index < -0.39 is 0 Å². The quantitative estimate of drug-likeness (QED) is 0.667. The zero-order valence-electron chi connectivity index (χ0n) is 11.4. The first-order chi connectivity index (χ1) is 8.29. The van der Waals surface area contributed by atoms with Gasteiger partial charge in [-0.15, -0.1) is 0 Å². The van der Waals surface area contributed by atoms with Gasteiger partial charge in [-0.25, -0.2) is 0 Å². The van der Waals surface area contributed by atoms with Crippen LogP contribution in [0.2, 0.25) is 0 Å². The summed E-state index contributed by atoms with van der Waals surface area (Å²) in [5.74, 6) is 0.557. The number of hydrogen-bond donors (Lipinski definition) is 1. The Morgan fingerprint density at radius 3 is 2.53 bits per heavy atom. The molecule has 1 N–H and O–H groups in total. The lowest BCUT2D eigenvalue weighted by atomic mass is 9.82. The third kappa shape index (κ3) is 5.36. The summed E-state index contributed by atoms with van der Waals surface area (Å²) in [6, 6.07) is 0. The Morgan fingerprint density at radius 1 is 1.24 bits per heavy atom. The van der Waals surface area contributed by atoms with Gasteiger partial charge in [0, 0.05) is 20.3 Å². The van der Waals surface area contributed by atoms with E-state index in [2.05, 4.69) is 0 Å². The van der Waals surface area contributed by atoms with Crippen LogP contribution in [0.15, 0.2) is 0 Å². The maximum absolute atomic E-state index is 10.2. The summed E-state index contributed by atoms with van der Waals surface area (Å²) in [6.45, 7) is 3.43. The van der Waals surface area contributed by atoms with Crippen LogP contribution in [-0.2, 0) is 9.47 Å². The van der Waals surface area contributed by atoms with E-state index in [-0.39, 0.29) is 12.2 Å². The zero-order valence-corrected chi connectivity index (χ0v) is 11.4. The number of aliphatic hydroxyl groups is 1. The molecule has 0 amide bonds. The smallest absolute Gasteiger partial charge is 0.0861 e. The summed E-state index contributed by atoms with van der Waals surface area (Å²) in [5, 5.41) is 10.2. The first kappa shape index (κ1) is 14.9. The summed E-state index contributed by atoms with van der Waals surface area (Å²) >= 11 is 0. The van der Waals surface area contributed by atoms with Crippen LogP contribution in [0, 0.1) is 5.92 Å². The summed E-state index contributed by atoms with van der Waals surface area (Å²) in [6.07, 6.45) is 7.76. The summed E-state index contributed by atoms with van der Waals surface area (Å²) in [4.78, 5) is 0. The molecule has 1 saturated carbocycles. The molecule has 102 valence electrons. The standard InChI is InChI=1S/C14H28O3/c1-3-17-14(12-8-5-4-6-9-12)13(15)10-7-11-16-2/h12-15H,3-11H2,1-2H3. The average Bonchev–Trinajstić information content (AvgIpc) is 2.37. The predicted molar refractivity (Wildman–Crippen MR) is 69.1 cm³/mol. The normalized spacial score (nSPS) is 21.4. The van der Waals surface area contributed by atoms with Crippen LogP contribution in [0.4, 0.5) is 0 Å². The Kier molecular flexibility index (Phi) is 7.82. The van der Waals surface area contributed by atoms with Gasteiger partial charge >= 0.3 is 0 Å². The van der Waals surface area contributed by atoms with Gasteiger partial charge in [0.1, 0.15) is 0 Å². The van der Waals surface area contributed by atoms with Gasteiger partial charge in [-0.3, -0.25) is 0 Å². The van der Waals surface area contributed by atoms with Crippen molar-refractivity contribution in [1.29, 1.82) is 0 Å². The fourth-order valence-corrected chi connectivity index (χ4v) is 2.82. The average molecular weight is 244 g/mol. The van der Waals surface area contributed by atoms with E-state index in [0.29, 0.717) is 12.5 Å².